The first-order valence-corrected chi connectivity index (χ1v) is 5.05. The smallest absolute Gasteiger partial charge is 0.330 e. The molecule has 0 radical (unpaired) electrons. The number of halogens is 1. The zero-order chi connectivity index (χ0) is 12.1. The zero-order valence-electron chi connectivity index (χ0n) is 8.74. The maximum atomic E-state index is 11.0. The molecule has 0 saturated heterocycles. The molecule has 0 atom stereocenters. The minimum atomic E-state index is -0.486. The number of hydrogen-bond donors (Lipinski definition) is 2. The molecule has 1 aromatic carbocycles. The van der Waals surface area contributed by atoms with Crippen molar-refractivity contribution in [2.45, 2.75) is 6.92 Å². The van der Waals surface area contributed by atoms with Crippen LogP contribution in [0.1, 0.15) is 12.5 Å². The number of esters is 1. The molecule has 3 N–H and O–H groups in total. The maximum absolute atomic E-state index is 11.0. The van der Waals surface area contributed by atoms with Crippen molar-refractivity contribution in [3.05, 3.63) is 28.8 Å². The normalized spacial score (nSPS) is 10.6. The van der Waals surface area contributed by atoms with Gasteiger partial charge in [-0.15, -0.1) is 0 Å². The summed E-state index contributed by atoms with van der Waals surface area (Å²) in [6.07, 6.45) is 2.60. The van der Waals surface area contributed by atoms with Gasteiger partial charge in [0.1, 0.15) is 5.75 Å². The monoisotopic (exact) mass is 241 g/mol. The van der Waals surface area contributed by atoms with Crippen LogP contribution in [0.5, 0.6) is 5.75 Å². The Bertz CT molecular complexity index is 429. The summed E-state index contributed by atoms with van der Waals surface area (Å²) in [6, 6.07) is 2.93. The van der Waals surface area contributed by atoms with Crippen molar-refractivity contribution in [3.63, 3.8) is 0 Å². The number of hydrogen-bond acceptors (Lipinski definition) is 4. The highest BCUT2D eigenvalue weighted by Gasteiger charge is 2.05. The Hall–Kier alpha value is -1.68. The van der Waals surface area contributed by atoms with E-state index in [9.17, 15) is 9.90 Å². The first-order valence-electron chi connectivity index (χ1n) is 4.67. The molecule has 4 nitrogen and oxygen atoms in total. The molecule has 0 heterocycles. The molecule has 0 fully saturated rings. The Morgan fingerprint density at radius 2 is 2.31 bits per heavy atom. The van der Waals surface area contributed by atoms with Crippen LogP contribution in [0, 0.1) is 0 Å². The molecular weight excluding hydrogens is 230 g/mol. The van der Waals surface area contributed by atoms with E-state index in [1.54, 1.807) is 6.92 Å². The van der Waals surface area contributed by atoms with Crippen LogP contribution in [0.15, 0.2) is 18.2 Å². The average molecular weight is 242 g/mol. The lowest BCUT2D eigenvalue weighted by atomic mass is 10.1. The van der Waals surface area contributed by atoms with Crippen molar-refractivity contribution in [1.82, 2.24) is 0 Å². The molecule has 0 bridgehead atoms. The third kappa shape index (κ3) is 3.17. The topological polar surface area (TPSA) is 72.5 Å². The summed E-state index contributed by atoms with van der Waals surface area (Å²) in [5, 5.41) is 9.97. The van der Waals surface area contributed by atoms with Crippen LogP contribution in [-0.2, 0) is 9.53 Å². The van der Waals surface area contributed by atoms with Crippen molar-refractivity contribution in [1.29, 1.82) is 0 Å². The van der Waals surface area contributed by atoms with Gasteiger partial charge in [-0.3, -0.25) is 0 Å². The van der Waals surface area contributed by atoms with Gasteiger partial charge in [-0.25, -0.2) is 4.79 Å². The van der Waals surface area contributed by atoms with Gasteiger partial charge in [0.15, 0.2) is 0 Å². The SMILES string of the molecule is CCOC(=O)C=Cc1cc(Cl)cc(N)c1O. The van der Waals surface area contributed by atoms with Gasteiger partial charge in [-0.1, -0.05) is 11.6 Å². The Balaban J connectivity index is 2.93. The second-order valence-corrected chi connectivity index (χ2v) is 3.45. The molecule has 0 amide bonds. The molecule has 16 heavy (non-hydrogen) atoms. The van der Waals surface area contributed by atoms with E-state index in [-0.39, 0.29) is 11.4 Å². The maximum Gasteiger partial charge on any atom is 0.330 e. The molecule has 0 aliphatic rings. The summed E-state index contributed by atoms with van der Waals surface area (Å²) in [5.41, 5.74) is 6.04. The molecular formula is C11H12ClNO3. The van der Waals surface area contributed by atoms with Gasteiger partial charge >= 0.3 is 5.97 Å². The third-order valence-corrected chi connectivity index (χ3v) is 2.04. The largest absolute Gasteiger partial charge is 0.505 e. The van der Waals surface area contributed by atoms with E-state index in [1.807, 2.05) is 0 Å². The van der Waals surface area contributed by atoms with Crippen LogP contribution in [0.25, 0.3) is 6.08 Å². The highest BCUT2D eigenvalue weighted by molar-refractivity contribution is 6.31. The second-order valence-electron chi connectivity index (χ2n) is 3.02. The average Bonchev–Trinajstić information content (AvgIpc) is 2.21. The molecule has 1 rings (SSSR count). The summed E-state index contributed by atoms with van der Waals surface area (Å²) < 4.78 is 4.69. The predicted octanol–water partition coefficient (Wildman–Crippen LogP) is 2.20. The highest BCUT2D eigenvalue weighted by Crippen LogP contribution is 2.29. The van der Waals surface area contributed by atoms with Gasteiger partial charge in [0.05, 0.1) is 12.3 Å². The van der Waals surface area contributed by atoms with Crippen molar-refractivity contribution < 1.29 is 14.6 Å². The Morgan fingerprint density at radius 3 is 2.94 bits per heavy atom. The molecule has 0 spiro atoms. The first-order chi connectivity index (χ1) is 7.54. The number of carbonyl (C=O) groups excluding carboxylic acids is 1. The molecule has 0 saturated carbocycles. The Kier molecular flexibility index (Phi) is 4.19. The van der Waals surface area contributed by atoms with Crippen molar-refractivity contribution in [2.24, 2.45) is 0 Å². The van der Waals surface area contributed by atoms with Gasteiger partial charge in [0.25, 0.3) is 0 Å². The minimum Gasteiger partial charge on any atom is -0.505 e. The fourth-order valence-corrected chi connectivity index (χ4v) is 1.35. The number of aromatic hydroxyl groups is 1. The lowest BCUT2D eigenvalue weighted by Crippen LogP contribution is -1.98. The molecule has 0 aromatic heterocycles. The van der Waals surface area contributed by atoms with Gasteiger partial charge in [0, 0.05) is 16.7 Å². The number of rotatable bonds is 3. The molecule has 0 unspecified atom stereocenters. The second kappa shape index (κ2) is 5.42. The molecule has 86 valence electrons. The fraction of sp³-hybridized carbons (Fsp3) is 0.182. The lowest BCUT2D eigenvalue weighted by molar-refractivity contribution is -0.137. The van der Waals surface area contributed by atoms with E-state index < -0.39 is 5.97 Å². The number of carbonyl (C=O) groups is 1. The van der Waals surface area contributed by atoms with Gasteiger partial charge in [-0.2, -0.15) is 0 Å². The third-order valence-electron chi connectivity index (χ3n) is 1.82. The van der Waals surface area contributed by atoms with E-state index in [4.69, 9.17) is 22.1 Å². The van der Waals surface area contributed by atoms with Crippen LogP contribution in [-0.4, -0.2) is 17.7 Å². The first kappa shape index (κ1) is 12.4. The van der Waals surface area contributed by atoms with Crippen molar-refractivity contribution in [3.8, 4) is 5.75 Å². The van der Waals surface area contributed by atoms with Crippen molar-refractivity contribution >= 4 is 29.3 Å². The lowest BCUT2D eigenvalue weighted by Gasteiger charge is -2.03. The highest BCUT2D eigenvalue weighted by atomic mass is 35.5. The standard InChI is InChI=1S/C11H12ClNO3/c1-2-16-10(14)4-3-7-5-8(12)6-9(13)11(7)15/h3-6,15H,2,13H2,1H3. The van der Waals surface area contributed by atoms with E-state index in [1.165, 1.54) is 24.3 Å². The van der Waals surface area contributed by atoms with Gasteiger partial charge < -0.3 is 15.6 Å². The number of anilines is 1. The predicted molar refractivity (Wildman–Crippen MR) is 63.2 cm³/mol. The van der Waals surface area contributed by atoms with E-state index >= 15 is 0 Å². The molecule has 1 aromatic rings. The zero-order valence-corrected chi connectivity index (χ0v) is 9.49. The quantitative estimate of drug-likeness (QED) is 0.368. The van der Waals surface area contributed by atoms with Gasteiger partial charge in [0.2, 0.25) is 0 Å². The summed E-state index contributed by atoms with van der Waals surface area (Å²) in [5.74, 6) is -0.592. The van der Waals surface area contributed by atoms with E-state index in [0.717, 1.165) is 0 Å². The molecule has 5 heteroatoms. The van der Waals surface area contributed by atoms with Gasteiger partial charge in [-0.05, 0) is 25.1 Å². The van der Waals surface area contributed by atoms with Crippen LogP contribution in [0.3, 0.4) is 0 Å². The number of phenolic OH excluding ortho intramolecular Hbond substituents is 1. The summed E-state index contributed by atoms with van der Waals surface area (Å²) in [7, 11) is 0. The summed E-state index contributed by atoms with van der Waals surface area (Å²) in [4.78, 5) is 11.0. The number of phenols is 1. The van der Waals surface area contributed by atoms with Crippen LogP contribution in [0.4, 0.5) is 5.69 Å². The minimum absolute atomic E-state index is 0.107. The van der Waals surface area contributed by atoms with Crippen molar-refractivity contribution in [2.75, 3.05) is 12.3 Å². The summed E-state index contributed by atoms with van der Waals surface area (Å²) >= 11 is 5.76. The molecule has 0 aliphatic heterocycles. The van der Waals surface area contributed by atoms with Crippen LogP contribution >= 0.6 is 11.6 Å². The molecule has 0 aliphatic carbocycles. The van der Waals surface area contributed by atoms with Crippen LogP contribution in [0.2, 0.25) is 5.02 Å². The Morgan fingerprint density at radius 1 is 1.62 bits per heavy atom. The fourth-order valence-electron chi connectivity index (χ4n) is 1.12. The van der Waals surface area contributed by atoms with E-state index in [2.05, 4.69) is 0 Å². The van der Waals surface area contributed by atoms with Crippen LogP contribution < -0.4 is 5.73 Å². The Labute approximate surface area is 98.3 Å². The summed E-state index contributed by atoms with van der Waals surface area (Å²) in [6.45, 7) is 2.01. The van der Waals surface area contributed by atoms with E-state index in [0.29, 0.717) is 17.2 Å². The number of nitrogen functional groups attached to an aromatic ring is 1. The number of ether oxygens (including phenoxy) is 1. The number of nitrogens with two attached hydrogens (primary N) is 1. The number of benzene rings is 1.